The number of hydrogen-bond acceptors (Lipinski definition) is 2. The van der Waals surface area contributed by atoms with Gasteiger partial charge in [-0.15, -0.1) is 0 Å². The third-order valence-corrected chi connectivity index (χ3v) is 3.96. The summed E-state index contributed by atoms with van der Waals surface area (Å²) in [6.45, 7) is 0. The Morgan fingerprint density at radius 1 is 0.688 bits per heavy atom. The van der Waals surface area contributed by atoms with Crippen molar-refractivity contribution in [2.45, 2.75) is 51.4 Å². The molecule has 0 radical (unpaired) electrons. The van der Waals surface area contributed by atoms with Gasteiger partial charge in [0.2, 0.25) is 0 Å². The topological polar surface area (TPSA) is 52.0 Å². The molecule has 0 aromatic heterocycles. The smallest absolute Gasteiger partial charge is 0.0506 e. The van der Waals surface area contributed by atoms with E-state index in [4.69, 9.17) is 11.5 Å². The van der Waals surface area contributed by atoms with Crippen molar-refractivity contribution in [3.63, 3.8) is 0 Å². The Balaban J connectivity index is 1.93. The van der Waals surface area contributed by atoms with E-state index in [1.165, 1.54) is 51.4 Å². The first kappa shape index (κ1) is 11.6. The highest BCUT2D eigenvalue weighted by atomic mass is 14.7. The summed E-state index contributed by atoms with van der Waals surface area (Å²) in [5.74, 6) is 1.35. The van der Waals surface area contributed by atoms with E-state index in [1.807, 2.05) is 0 Å². The fraction of sp³-hybridized carbons (Fsp3) is 0.714. The van der Waals surface area contributed by atoms with Gasteiger partial charge < -0.3 is 11.5 Å². The first-order chi connectivity index (χ1) is 7.75. The summed E-state index contributed by atoms with van der Waals surface area (Å²) in [6.07, 6.45) is 14.9. The van der Waals surface area contributed by atoms with Crippen LogP contribution in [-0.2, 0) is 0 Å². The van der Waals surface area contributed by atoms with Gasteiger partial charge in [-0.1, -0.05) is 37.8 Å². The lowest BCUT2D eigenvalue weighted by molar-refractivity contribution is 0.671. The van der Waals surface area contributed by atoms with Gasteiger partial charge in [0.1, 0.15) is 0 Å². The van der Waals surface area contributed by atoms with Gasteiger partial charge in [0.05, 0.1) is 11.4 Å². The first-order valence-corrected chi connectivity index (χ1v) is 6.70. The molecule has 2 rings (SSSR count). The van der Waals surface area contributed by atoms with Gasteiger partial charge in [-0.25, -0.2) is 0 Å². The summed E-state index contributed by atoms with van der Waals surface area (Å²) < 4.78 is 0. The van der Waals surface area contributed by atoms with Crippen LogP contribution in [0.5, 0.6) is 0 Å². The van der Waals surface area contributed by atoms with E-state index in [1.54, 1.807) is 0 Å². The van der Waals surface area contributed by atoms with Crippen LogP contribution in [0.2, 0.25) is 0 Å². The third-order valence-electron chi connectivity index (χ3n) is 3.96. The molecule has 2 nitrogen and oxygen atoms in total. The molecule has 0 aliphatic heterocycles. The maximum absolute atomic E-state index is 6.04. The molecule has 2 aliphatic carbocycles. The van der Waals surface area contributed by atoms with Crippen molar-refractivity contribution >= 4 is 0 Å². The zero-order valence-electron chi connectivity index (χ0n) is 10.1. The monoisotopic (exact) mass is 220 g/mol. The van der Waals surface area contributed by atoms with Crippen molar-refractivity contribution in [2.75, 3.05) is 0 Å². The molecule has 0 amide bonds. The third kappa shape index (κ3) is 3.03. The van der Waals surface area contributed by atoms with Crippen LogP contribution < -0.4 is 11.5 Å². The predicted molar refractivity (Wildman–Crippen MR) is 68.5 cm³/mol. The van der Waals surface area contributed by atoms with Crippen molar-refractivity contribution in [3.05, 3.63) is 23.5 Å². The van der Waals surface area contributed by atoms with Gasteiger partial charge in [-0.3, -0.25) is 0 Å². The summed E-state index contributed by atoms with van der Waals surface area (Å²) in [6, 6.07) is 0. The van der Waals surface area contributed by atoms with E-state index in [-0.39, 0.29) is 0 Å². The second-order valence-corrected chi connectivity index (χ2v) is 5.33. The van der Waals surface area contributed by atoms with Gasteiger partial charge in [-0.05, 0) is 37.5 Å². The van der Waals surface area contributed by atoms with Gasteiger partial charge in [-0.2, -0.15) is 0 Å². The van der Waals surface area contributed by atoms with Gasteiger partial charge in [0.15, 0.2) is 0 Å². The molecule has 2 fully saturated rings. The van der Waals surface area contributed by atoms with E-state index >= 15 is 0 Å². The summed E-state index contributed by atoms with van der Waals surface area (Å²) in [4.78, 5) is 0. The van der Waals surface area contributed by atoms with E-state index in [2.05, 4.69) is 12.2 Å². The fourth-order valence-corrected chi connectivity index (χ4v) is 2.95. The summed E-state index contributed by atoms with van der Waals surface area (Å²) in [5, 5.41) is 0. The molecule has 0 aromatic carbocycles. The van der Waals surface area contributed by atoms with E-state index in [9.17, 15) is 0 Å². The second kappa shape index (κ2) is 5.42. The zero-order valence-corrected chi connectivity index (χ0v) is 10.1. The normalized spacial score (nSPS) is 25.5. The standard InChI is InChI=1S/C14H24N2/c15-13(9-11-5-1-2-6-11)14(16)10-12-7-3-4-8-12/h9-12H,1-8,15-16H2/b13-9-,14-10-. The quantitative estimate of drug-likeness (QED) is 0.718. The van der Waals surface area contributed by atoms with Crippen LogP contribution in [0, 0.1) is 11.8 Å². The Hall–Kier alpha value is -0.920. The molecule has 0 aromatic rings. The van der Waals surface area contributed by atoms with Crippen LogP contribution in [0.25, 0.3) is 0 Å². The summed E-state index contributed by atoms with van der Waals surface area (Å²) >= 11 is 0. The van der Waals surface area contributed by atoms with Crippen molar-refractivity contribution in [1.29, 1.82) is 0 Å². The summed E-state index contributed by atoms with van der Waals surface area (Å²) in [5.41, 5.74) is 13.7. The molecule has 0 bridgehead atoms. The predicted octanol–water partition coefficient (Wildman–Crippen LogP) is 3.05. The number of rotatable bonds is 3. The molecule has 0 unspecified atom stereocenters. The highest BCUT2D eigenvalue weighted by Crippen LogP contribution is 2.28. The van der Waals surface area contributed by atoms with Gasteiger partial charge in [0, 0.05) is 0 Å². The highest BCUT2D eigenvalue weighted by molar-refractivity contribution is 5.26. The Bertz CT molecular complexity index is 249. The van der Waals surface area contributed by atoms with Crippen LogP contribution in [0.1, 0.15) is 51.4 Å². The summed E-state index contributed by atoms with van der Waals surface area (Å²) in [7, 11) is 0. The Morgan fingerprint density at radius 2 is 1.00 bits per heavy atom. The molecule has 0 spiro atoms. The van der Waals surface area contributed by atoms with E-state index in [0.717, 1.165) is 11.4 Å². The Kier molecular flexibility index (Phi) is 3.92. The maximum atomic E-state index is 6.04. The van der Waals surface area contributed by atoms with Crippen molar-refractivity contribution in [2.24, 2.45) is 23.3 Å². The van der Waals surface area contributed by atoms with Gasteiger partial charge >= 0.3 is 0 Å². The number of allylic oxidation sites excluding steroid dienone is 2. The average Bonchev–Trinajstić information content (AvgIpc) is 2.90. The highest BCUT2D eigenvalue weighted by Gasteiger charge is 2.15. The molecular formula is C14H24N2. The molecule has 16 heavy (non-hydrogen) atoms. The Morgan fingerprint density at radius 3 is 1.31 bits per heavy atom. The van der Waals surface area contributed by atoms with Crippen LogP contribution in [0.4, 0.5) is 0 Å². The lowest BCUT2D eigenvalue weighted by atomic mass is 10.0. The van der Waals surface area contributed by atoms with Crippen LogP contribution in [0.15, 0.2) is 23.5 Å². The number of nitrogens with two attached hydrogens (primary N) is 2. The average molecular weight is 220 g/mol. The molecular weight excluding hydrogens is 196 g/mol. The molecule has 4 N–H and O–H groups in total. The zero-order chi connectivity index (χ0) is 11.4. The minimum atomic E-state index is 0.676. The van der Waals surface area contributed by atoms with Gasteiger partial charge in [0.25, 0.3) is 0 Å². The lowest BCUT2D eigenvalue weighted by Gasteiger charge is -2.09. The molecule has 2 saturated carbocycles. The fourth-order valence-electron chi connectivity index (χ4n) is 2.95. The molecule has 2 heteroatoms. The van der Waals surface area contributed by atoms with E-state index < -0.39 is 0 Å². The van der Waals surface area contributed by atoms with Crippen molar-refractivity contribution in [3.8, 4) is 0 Å². The minimum Gasteiger partial charge on any atom is -0.397 e. The van der Waals surface area contributed by atoms with Crippen molar-refractivity contribution in [1.82, 2.24) is 0 Å². The largest absolute Gasteiger partial charge is 0.397 e. The van der Waals surface area contributed by atoms with E-state index in [0.29, 0.717) is 11.8 Å². The van der Waals surface area contributed by atoms with Crippen LogP contribution in [-0.4, -0.2) is 0 Å². The maximum Gasteiger partial charge on any atom is 0.0506 e. The van der Waals surface area contributed by atoms with Crippen LogP contribution >= 0.6 is 0 Å². The molecule has 0 atom stereocenters. The lowest BCUT2D eigenvalue weighted by Crippen LogP contribution is -2.12. The molecule has 0 heterocycles. The van der Waals surface area contributed by atoms with Crippen molar-refractivity contribution < 1.29 is 0 Å². The first-order valence-electron chi connectivity index (χ1n) is 6.70. The Labute approximate surface area is 98.8 Å². The SMILES string of the molecule is NC(=C\C1CCCC1)/C(N)=C/C1CCCC1. The second-order valence-electron chi connectivity index (χ2n) is 5.33. The molecule has 0 saturated heterocycles. The van der Waals surface area contributed by atoms with Crippen LogP contribution in [0.3, 0.4) is 0 Å². The molecule has 90 valence electrons. The molecule has 2 aliphatic rings. The number of hydrogen-bond donors (Lipinski definition) is 2. The minimum absolute atomic E-state index is 0.676.